The van der Waals surface area contributed by atoms with Gasteiger partial charge in [-0.1, -0.05) is 6.07 Å². The molecule has 19 heavy (non-hydrogen) atoms. The Balaban J connectivity index is 2.28. The van der Waals surface area contributed by atoms with Gasteiger partial charge in [0.1, 0.15) is 5.82 Å². The van der Waals surface area contributed by atoms with E-state index in [0.717, 1.165) is 16.9 Å². The number of carbonyl (C=O) groups is 1. The molecule has 5 heteroatoms. The van der Waals surface area contributed by atoms with Crippen LogP contribution < -0.4 is 10.6 Å². The summed E-state index contributed by atoms with van der Waals surface area (Å²) in [5.41, 5.74) is 3.02. The molecule has 98 valence electrons. The van der Waals surface area contributed by atoms with Crippen molar-refractivity contribution in [2.75, 3.05) is 17.7 Å². The van der Waals surface area contributed by atoms with Crippen molar-refractivity contribution in [1.29, 1.82) is 0 Å². The molecule has 0 fully saturated rings. The smallest absolute Gasteiger partial charge is 0.260 e. The fraction of sp³-hybridized carbons (Fsp3) is 0.214. The summed E-state index contributed by atoms with van der Waals surface area (Å²) < 4.78 is 0. The van der Waals surface area contributed by atoms with Crippen LogP contribution in [0.25, 0.3) is 0 Å². The number of nitrogens with one attached hydrogen (secondary N) is 2. The lowest BCUT2D eigenvalue weighted by molar-refractivity contribution is 0.102. The lowest BCUT2D eigenvalue weighted by atomic mass is 10.2. The molecule has 0 aromatic carbocycles. The zero-order valence-electron chi connectivity index (χ0n) is 11.2. The molecule has 0 unspecified atom stereocenters. The van der Waals surface area contributed by atoms with Gasteiger partial charge in [-0.15, -0.1) is 0 Å². The quantitative estimate of drug-likeness (QED) is 0.884. The molecule has 0 saturated carbocycles. The first-order valence-corrected chi connectivity index (χ1v) is 5.99. The number of rotatable bonds is 3. The number of pyridine rings is 2. The van der Waals surface area contributed by atoms with Crippen molar-refractivity contribution in [3.05, 3.63) is 47.4 Å². The van der Waals surface area contributed by atoms with Crippen molar-refractivity contribution in [1.82, 2.24) is 9.97 Å². The number of nitrogens with zero attached hydrogens (tertiary/aromatic N) is 2. The van der Waals surface area contributed by atoms with Gasteiger partial charge in [-0.2, -0.15) is 0 Å². The van der Waals surface area contributed by atoms with E-state index in [1.165, 1.54) is 0 Å². The highest BCUT2D eigenvalue weighted by Crippen LogP contribution is 2.17. The molecule has 0 atom stereocenters. The Morgan fingerprint density at radius 1 is 1.26 bits per heavy atom. The second-order valence-electron chi connectivity index (χ2n) is 4.24. The largest absolute Gasteiger partial charge is 0.387 e. The monoisotopic (exact) mass is 256 g/mol. The highest BCUT2D eigenvalue weighted by atomic mass is 16.1. The van der Waals surface area contributed by atoms with Crippen LogP contribution in [-0.2, 0) is 0 Å². The fourth-order valence-electron chi connectivity index (χ4n) is 1.74. The van der Waals surface area contributed by atoms with Crippen molar-refractivity contribution in [2.24, 2.45) is 0 Å². The summed E-state index contributed by atoms with van der Waals surface area (Å²) >= 11 is 0. The van der Waals surface area contributed by atoms with Crippen LogP contribution in [0.15, 0.2) is 30.6 Å². The van der Waals surface area contributed by atoms with Crippen LogP contribution in [0.3, 0.4) is 0 Å². The third kappa shape index (κ3) is 2.88. The average molecular weight is 256 g/mol. The van der Waals surface area contributed by atoms with E-state index in [9.17, 15) is 4.79 Å². The zero-order chi connectivity index (χ0) is 13.8. The van der Waals surface area contributed by atoms with Gasteiger partial charge in [-0.25, -0.2) is 4.98 Å². The number of amides is 1. The molecule has 2 aromatic rings. The summed E-state index contributed by atoms with van der Waals surface area (Å²) in [7, 11) is 1.78. The van der Waals surface area contributed by atoms with E-state index in [1.54, 1.807) is 19.4 Å². The Hall–Kier alpha value is -2.43. The first-order chi connectivity index (χ1) is 9.11. The van der Waals surface area contributed by atoms with Gasteiger partial charge in [-0.05, 0) is 31.5 Å². The Bertz CT molecular complexity index is 610. The van der Waals surface area contributed by atoms with Crippen LogP contribution in [-0.4, -0.2) is 22.9 Å². The van der Waals surface area contributed by atoms with E-state index in [4.69, 9.17) is 0 Å². The number of hydrogen-bond acceptors (Lipinski definition) is 4. The Morgan fingerprint density at radius 3 is 2.74 bits per heavy atom. The third-order valence-electron chi connectivity index (χ3n) is 2.80. The van der Waals surface area contributed by atoms with Crippen molar-refractivity contribution < 1.29 is 4.79 Å². The van der Waals surface area contributed by atoms with Gasteiger partial charge in [-0.3, -0.25) is 9.78 Å². The van der Waals surface area contributed by atoms with Crippen molar-refractivity contribution in [3.8, 4) is 0 Å². The predicted octanol–water partition coefficient (Wildman–Crippen LogP) is 2.39. The minimum Gasteiger partial charge on any atom is -0.387 e. The molecule has 0 saturated heterocycles. The van der Waals surface area contributed by atoms with Gasteiger partial charge in [0.25, 0.3) is 5.91 Å². The van der Waals surface area contributed by atoms with E-state index in [-0.39, 0.29) is 5.91 Å². The van der Waals surface area contributed by atoms with Crippen LogP contribution in [0.5, 0.6) is 0 Å². The number of anilines is 2. The average Bonchev–Trinajstić information content (AvgIpc) is 2.41. The van der Waals surface area contributed by atoms with Crippen molar-refractivity contribution >= 4 is 17.4 Å². The lowest BCUT2D eigenvalue weighted by Crippen LogP contribution is -2.16. The maximum absolute atomic E-state index is 12.2. The van der Waals surface area contributed by atoms with Crippen LogP contribution in [0.2, 0.25) is 0 Å². The van der Waals surface area contributed by atoms with Gasteiger partial charge < -0.3 is 10.6 Å². The minimum absolute atomic E-state index is 0.223. The molecule has 5 nitrogen and oxygen atoms in total. The second-order valence-corrected chi connectivity index (χ2v) is 4.24. The minimum atomic E-state index is -0.223. The van der Waals surface area contributed by atoms with Gasteiger partial charge in [0, 0.05) is 25.1 Å². The van der Waals surface area contributed by atoms with Crippen LogP contribution in [0.1, 0.15) is 21.6 Å². The number of aromatic nitrogens is 2. The molecule has 0 radical (unpaired) electrons. The SMILES string of the molecule is CNc1cc(C)ncc1C(=O)Nc1ncccc1C. The highest BCUT2D eigenvalue weighted by Gasteiger charge is 2.13. The summed E-state index contributed by atoms with van der Waals surface area (Å²) in [6.45, 7) is 3.78. The maximum atomic E-state index is 12.2. The summed E-state index contributed by atoms with van der Waals surface area (Å²) in [5.74, 6) is 0.341. The fourth-order valence-corrected chi connectivity index (χ4v) is 1.74. The Kier molecular flexibility index (Phi) is 3.75. The predicted molar refractivity (Wildman–Crippen MR) is 75.4 cm³/mol. The number of aryl methyl sites for hydroxylation is 2. The second kappa shape index (κ2) is 5.48. The van der Waals surface area contributed by atoms with Crippen molar-refractivity contribution in [3.63, 3.8) is 0 Å². The summed E-state index contributed by atoms with van der Waals surface area (Å²) in [4.78, 5) is 20.5. The molecule has 0 bridgehead atoms. The molecule has 0 spiro atoms. The van der Waals surface area contributed by atoms with Crippen LogP contribution in [0, 0.1) is 13.8 Å². The van der Waals surface area contributed by atoms with E-state index in [1.807, 2.05) is 32.0 Å². The first kappa shape index (κ1) is 13.0. The van der Waals surface area contributed by atoms with Gasteiger partial charge in [0.05, 0.1) is 11.3 Å². The molecule has 2 aromatic heterocycles. The van der Waals surface area contributed by atoms with Gasteiger partial charge >= 0.3 is 0 Å². The first-order valence-electron chi connectivity index (χ1n) is 5.99. The van der Waals surface area contributed by atoms with Crippen LogP contribution in [0.4, 0.5) is 11.5 Å². The molecule has 2 N–H and O–H groups in total. The number of hydrogen-bond donors (Lipinski definition) is 2. The summed E-state index contributed by atoms with van der Waals surface area (Å²) in [6.07, 6.45) is 3.21. The normalized spacial score (nSPS) is 10.1. The summed E-state index contributed by atoms with van der Waals surface area (Å²) in [6, 6.07) is 5.56. The van der Waals surface area contributed by atoms with Gasteiger partial charge in [0.2, 0.25) is 0 Å². The molecule has 0 aliphatic rings. The zero-order valence-corrected chi connectivity index (χ0v) is 11.2. The highest BCUT2D eigenvalue weighted by molar-refractivity contribution is 6.07. The molecule has 0 aliphatic heterocycles. The van der Waals surface area contributed by atoms with E-state index < -0.39 is 0 Å². The maximum Gasteiger partial charge on any atom is 0.260 e. The summed E-state index contributed by atoms with van der Waals surface area (Å²) in [5, 5.41) is 5.79. The molecule has 2 rings (SSSR count). The molecular weight excluding hydrogens is 240 g/mol. The van der Waals surface area contributed by atoms with E-state index >= 15 is 0 Å². The van der Waals surface area contributed by atoms with Gasteiger partial charge in [0.15, 0.2) is 0 Å². The molecule has 1 amide bonds. The standard InChI is InChI=1S/C14H16N4O/c1-9-5-4-6-16-13(9)18-14(19)11-8-17-10(2)7-12(11)15-3/h4-8H,1-3H3,(H,15,17)(H,16,18,19). The topological polar surface area (TPSA) is 66.9 Å². The molecular formula is C14H16N4O. The Morgan fingerprint density at radius 2 is 2.05 bits per heavy atom. The van der Waals surface area contributed by atoms with E-state index in [2.05, 4.69) is 20.6 Å². The van der Waals surface area contributed by atoms with E-state index in [0.29, 0.717) is 11.4 Å². The van der Waals surface area contributed by atoms with Crippen molar-refractivity contribution in [2.45, 2.75) is 13.8 Å². The Labute approximate surface area is 112 Å². The molecule has 0 aliphatic carbocycles. The third-order valence-corrected chi connectivity index (χ3v) is 2.80. The lowest BCUT2D eigenvalue weighted by Gasteiger charge is -2.10. The number of carbonyl (C=O) groups excluding carboxylic acids is 1. The molecule has 2 heterocycles. The van der Waals surface area contributed by atoms with Crippen LogP contribution >= 0.6 is 0 Å².